The lowest BCUT2D eigenvalue weighted by atomic mass is 10.1. The first-order valence-corrected chi connectivity index (χ1v) is 5.66. The molecular weight excluding hydrogens is 221 g/mol. The summed E-state index contributed by atoms with van der Waals surface area (Å²) in [6, 6.07) is 1.39. The highest BCUT2D eigenvalue weighted by molar-refractivity contribution is 5.95. The van der Waals surface area contributed by atoms with E-state index in [4.69, 9.17) is 0 Å². The number of aromatic nitrogens is 1. The second kappa shape index (κ2) is 4.31. The van der Waals surface area contributed by atoms with Crippen molar-refractivity contribution in [2.75, 3.05) is 18.9 Å². The van der Waals surface area contributed by atoms with Crippen LogP contribution < -0.4 is 10.6 Å². The van der Waals surface area contributed by atoms with Gasteiger partial charge in [0.25, 0.3) is 5.91 Å². The molecule has 92 valence electrons. The number of carbonyl (C=O) groups is 1. The van der Waals surface area contributed by atoms with Gasteiger partial charge in [-0.1, -0.05) is 6.92 Å². The molecule has 0 saturated heterocycles. The van der Waals surface area contributed by atoms with Crippen molar-refractivity contribution in [3.05, 3.63) is 23.6 Å². The topological polar surface area (TPSA) is 54.0 Å². The first kappa shape index (κ1) is 11.8. The van der Waals surface area contributed by atoms with E-state index >= 15 is 0 Å². The van der Waals surface area contributed by atoms with Crippen LogP contribution in [-0.2, 0) is 0 Å². The van der Waals surface area contributed by atoms with Crippen LogP contribution in [0.15, 0.2) is 12.3 Å². The minimum Gasteiger partial charge on any atom is -0.371 e. The minimum absolute atomic E-state index is 0.0357. The van der Waals surface area contributed by atoms with E-state index < -0.39 is 5.82 Å². The lowest BCUT2D eigenvalue weighted by molar-refractivity contribution is 0.0942. The van der Waals surface area contributed by atoms with Crippen LogP contribution >= 0.6 is 0 Å². The summed E-state index contributed by atoms with van der Waals surface area (Å²) in [7, 11) is 1.57. The highest BCUT2D eigenvalue weighted by atomic mass is 19.1. The molecule has 1 amide bonds. The molecule has 1 aliphatic rings. The number of halogens is 1. The summed E-state index contributed by atoms with van der Waals surface area (Å²) in [5, 5.41) is 5.37. The van der Waals surface area contributed by atoms with Gasteiger partial charge in [0.2, 0.25) is 0 Å². The van der Waals surface area contributed by atoms with Gasteiger partial charge in [-0.2, -0.15) is 0 Å². The van der Waals surface area contributed by atoms with Crippen LogP contribution in [-0.4, -0.2) is 24.5 Å². The van der Waals surface area contributed by atoms with Gasteiger partial charge in [-0.25, -0.2) is 9.37 Å². The molecule has 0 spiro atoms. The molecule has 17 heavy (non-hydrogen) atoms. The first-order valence-electron chi connectivity index (χ1n) is 5.66. The molecule has 0 bridgehead atoms. The summed E-state index contributed by atoms with van der Waals surface area (Å²) < 4.78 is 13.8. The number of amides is 1. The van der Waals surface area contributed by atoms with E-state index in [1.807, 2.05) is 0 Å². The molecule has 1 aromatic rings. The minimum atomic E-state index is -0.603. The number of nitrogens with one attached hydrogen (secondary N) is 2. The summed E-state index contributed by atoms with van der Waals surface area (Å²) in [5.41, 5.74) is 0.249. The second-order valence-electron chi connectivity index (χ2n) is 4.76. The van der Waals surface area contributed by atoms with Gasteiger partial charge in [0.1, 0.15) is 0 Å². The summed E-state index contributed by atoms with van der Waals surface area (Å²) in [5.74, 6) is -0.891. The van der Waals surface area contributed by atoms with E-state index in [0.29, 0.717) is 6.54 Å². The largest absolute Gasteiger partial charge is 0.371 e. The van der Waals surface area contributed by atoms with E-state index in [1.165, 1.54) is 12.3 Å². The van der Waals surface area contributed by atoms with E-state index in [1.54, 1.807) is 7.05 Å². The molecule has 1 aliphatic carbocycles. The maximum Gasteiger partial charge on any atom is 0.254 e. The van der Waals surface area contributed by atoms with Crippen LogP contribution in [0.3, 0.4) is 0 Å². The van der Waals surface area contributed by atoms with Crippen LogP contribution in [0.1, 0.15) is 30.1 Å². The molecule has 1 fully saturated rings. The number of pyridine rings is 1. The van der Waals surface area contributed by atoms with Crippen LogP contribution in [0.4, 0.5) is 10.2 Å². The molecule has 4 nitrogen and oxygen atoms in total. The van der Waals surface area contributed by atoms with Crippen LogP contribution in [0.5, 0.6) is 0 Å². The smallest absolute Gasteiger partial charge is 0.254 e. The summed E-state index contributed by atoms with van der Waals surface area (Å²) in [6.07, 6.45) is 3.66. The Kier molecular flexibility index (Phi) is 3.00. The Balaban J connectivity index is 2.08. The molecule has 1 heterocycles. The number of nitrogens with zero attached hydrogens (tertiary/aromatic N) is 1. The van der Waals surface area contributed by atoms with Crippen LogP contribution in [0.25, 0.3) is 0 Å². The first-order chi connectivity index (χ1) is 8.06. The Morgan fingerprint density at radius 3 is 2.88 bits per heavy atom. The summed E-state index contributed by atoms with van der Waals surface area (Å²) in [4.78, 5) is 15.6. The third-order valence-corrected chi connectivity index (χ3v) is 3.15. The zero-order valence-corrected chi connectivity index (χ0v) is 10.0. The lowest BCUT2D eigenvalue weighted by Gasteiger charge is -2.11. The highest BCUT2D eigenvalue weighted by Crippen LogP contribution is 2.44. The zero-order valence-electron chi connectivity index (χ0n) is 10.0. The molecule has 2 N–H and O–H groups in total. The fourth-order valence-corrected chi connectivity index (χ4v) is 1.57. The molecule has 1 aromatic heterocycles. The van der Waals surface area contributed by atoms with Gasteiger partial charge in [0.15, 0.2) is 11.6 Å². The lowest BCUT2D eigenvalue weighted by Crippen LogP contribution is -2.29. The molecule has 0 aromatic carbocycles. The maximum absolute atomic E-state index is 13.8. The second-order valence-corrected chi connectivity index (χ2v) is 4.76. The van der Waals surface area contributed by atoms with Crippen molar-refractivity contribution < 1.29 is 9.18 Å². The van der Waals surface area contributed by atoms with Crippen molar-refractivity contribution in [3.63, 3.8) is 0 Å². The van der Waals surface area contributed by atoms with Crippen LogP contribution in [0.2, 0.25) is 0 Å². The SMILES string of the molecule is CNc1nccc(C(=O)NCC2(C)CC2)c1F. The molecule has 1 saturated carbocycles. The standard InChI is InChI=1S/C12H16FN3O/c1-12(4-5-12)7-16-11(17)8-3-6-15-10(14-2)9(8)13/h3,6H,4-5,7H2,1-2H3,(H,14,15)(H,16,17). The number of hydrogen-bond acceptors (Lipinski definition) is 3. The molecule has 0 radical (unpaired) electrons. The third-order valence-electron chi connectivity index (χ3n) is 3.15. The van der Waals surface area contributed by atoms with Crippen molar-refractivity contribution in [2.24, 2.45) is 5.41 Å². The van der Waals surface area contributed by atoms with E-state index in [9.17, 15) is 9.18 Å². The van der Waals surface area contributed by atoms with E-state index in [-0.39, 0.29) is 22.7 Å². The highest BCUT2D eigenvalue weighted by Gasteiger charge is 2.37. The Labute approximate surface area is 99.6 Å². The Bertz CT molecular complexity index is 443. The Morgan fingerprint density at radius 1 is 1.59 bits per heavy atom. The quantitative estimate of drug-likeness (QED) is 0.839. The molecule has 0 unspecified atom stereocenters. The van der Waals surface area contributed by atoms with Gasteiger partial charge in [0.05, 0.1) is 5.56 Å². The zero-order chi connectivity index (χ0) is 12.5. The Morgan fingerprint density at radius 2 is 2.29 bits per heavy atom. The van der Waals surface area contributed by atoms with Crippen molar-refractivity contribution in [1.29, 1.82) is 0 Å². The average Bonchev–Trinajstić information content (AvgIpc) is 3.05. The number of anilines is 1. The Hall–Kier alpha value is -1.65. The van der Waals surface area contributed by atoms with Crippen molar-refractivity contribution >= 4 is 11.7 Å². The predicted octanol–water partition coefficient (Wildman–Crippen LogP) is 1.79. The molecule has 0 aliphatic heterocycles. The van der Waals surface area contributed by atoms with Crippen molar-refractivity contribution in [2.45, 2.75) is 19.8 Å². The predicted molar refractivity (Wildman–Crippen MR) is 63.4 cm³/mol. The van der Waals surface area contributed by atoms with Gasteiger partial charge in [0, 0.05) is 19.8 Å². The maximum atomic E-state index is 13.8. The molecule has 5 heteroatoms. The normalized spacial score (nSPS) is 16.4. The monoisotopic (exact) mass is 237 g/mol. The average molecular weight is 237 g/mol. The molecular formula is C12H16FN3O. The fraction of sp³-hybridized carbons (Fsp3) is 0.500. The third kappa shape index (κ3) is 2.54. The van der Waals surface area contributed by atoms with E-state index in [2.05, 4.69) is 22.5 Å². The van der Waals surface area contributed by atoms with Gasteiger partial charge >= 0.3 is 0 Å². The van der Waals surface area contributed by atoms with Crippen molar-refractivity contribution in [1.82, 2.24) is 10.3 Å². The number of hydrogen-bond donors (Lipinski definition) is 2. The number of rotatable bonds is 4. The van der Waals surface area contributed by atoms with Crippen LogP contribution in [0, 0.1) is 11.2 Å². The van der Waals surface area contributed by atoms with Gasteiger partial charge < -0.3 is 10.6 Å². The van der Waals surface area contributed by atoms with Crippen molar-refractivity contribution in [3.8, 4) is 0 Å². The molecule has 2 rings (SSSR count). The molecule has 0 atom stereocenters. The van der Waals surface area contributed by atoms with Gasteiger partial charge in [-0.15, -0.1) is 0 Å². The van der Waals surface area contributed by atoms with E-state index in [0.717, 1.165) is 12.8 Å². The number of carbonyl (C=O) groups excluding carboxylic acids is 1. The van der Waals surface area contributed by atoms with Gasteiger partial charge in [-0.05, 0) is 24.3 Å². The summed E-state index contributed by atoms with van der Waals surface area (Å²) in [6.45, 7) is 2.71. The van der Waals surface area contributed by atoms with Gasteiger partial charge in [-0.3, -0.25) is 4.79 Å². The summed E-state index contributed by atoms with van der Waals surface area (Å²) >= 11 is 0. The fourth-order valence-electron chi connectivity index (χ4n) is 1.57.